The van der Waals surface area contributed by atoms with Crippen LogP contribution in [0.15, 0.2) is 18.2 Å². The molecule has 0 aromatic heterocycles. The van der Waals surface area contributed by atoms with Gasteiger partial charge >= 0.3 is 5.97 Å². The maximum absolute atomic E-state index is 13.7. The van der Waals surface area contributed by atoms with Gasteiger partial charge in [0.1, 0.15) is 11.4 Å². The Bertz CT molecular complexity index is 463. The van der Waals surface area contributed by atoms with E-state index in [0.717, 1.165) is 5.56 Å². The number of hydrogen-bond acceptors (Lipinski definition) is 3. The third-order valence-electron chi connectivity index (χ3n) is 2.72. The molecule has 1 aromatic carbocycles. The predicted octanol–water partition coefficient (Wildman–Crippen LogP) is 3.15. The maximum atomic E-state index is 13.7. The van der Waals surface area contributed by atoms with Gasteiger partial charge < -0.3 is 9.84 Å². The van der Waals surface area contributed by atoms with Gasteiger partial charge in [-0.25, -0.2) is 4.39 Å². The van der Waals surface area contributed by atoms with Gasteiger partial charge in [-0.05, 0) is 40.7 Å². The molecule has 0 aliphatic rings. The minimum atomic E-state index is -1.21. The summed E-state index contributed by atoms with van der Waals surface area (Å²) in [7, 11) is 0. The molecule has 0 saturated heterocycles. The summed E-state index contributed by atoms with van der Waals surface area (Å²) < 4.78 is 18.9. The summed E-state index contributed by atoms with van der Waals surface area (Å²) in [4.78, 5) is 11.9. The first kappa shape index (κ1) is 15.6. The highest BCUT2D eigenvalue weighted by atomic mass is 19.1. The summed E-state index contributed by atoms with van der Waals surface area (Å²) in [5.74, 6) is -1.88. The molecular formula is C15H21FO3. The number of halogens is 1. The number of aryl methyl sites for hydroxylation is 1. The van der Waals surface area contributed by atoms with E-state index in [1.807, 2.05) is 0 Å². The van der Waals surface area contributed by atoms with E-state index < -0.39 is 29.4 Å². The lowest BCUT2D eigenvalue weighted by Gasteiger charge is -2.25. The van der Waals surface area contributed by atoms with Gasteiger partial charge in [0.05, 0.1) is 12.0 Å². The fraction of sp³-hybridized carbons (Fsp3) is 0.533. The Labute approximate surface area is 113 Å². The van der Waals surface area contributed by atoms with Crippen molar-refractivity contribution in [2.45, 2.75) is 46.3 Å². The second-order valence-electron chi connectivity index (χ2n) is 5.79. The number of aliphatic hydroxyl groups excluding tert-OH is 1. The molecule has 1 N–H and O–H groups in total. The molecule has 0 aliphatic carbocycles. The van der Waals surface area contributed by atoms with Crippen molar-refractivity contribution in [3.05, 3.63) is 35.1 Å². The molecule has 19 heavy (non-hydrogen) atoms. The third-order valence-corrected chi connectivity index (χ3v) is 2.72. The highest BCUT2D eigenvalue weighted by Crippen LogP contribution is 2.27. The topological polar surface area (TPSA) is 46.5 Å². The average molecular weight is 268 g/mol. The zero-order valence-electron chi connectivity index (χ0n) is 12.0. The Morgan fingerprint density at radius 1 is 1.37 bits per heavy atom. The number of esters is 1. The van der Waals surface area contributed by atoms with Crippen LogP contribution in [-0.4, -0.2) is 16.7 Å². The molecule has 0 heterocycles. The van der Waals surface area contributed by atoms with E-state index in [-0.39, 0.29) is 5.56 Å². The smallest absolute Gasteiger partial charge is 0.312 e. The number of carbonyl (C=O) groups excluding carboxylic acids is 1. The number of ether oxygens (including phenoxy) is 1. The van der Waals surface area contributed by atoms with Gasteiger partial charge in [0.25, 0.3) is 0 Å². The number of hydrogen-bond donors (Lipinski definition) is 1. The van der Waals surface area contributed by atoms with Crippen LogP contribution in [0.5, 0.6) is 0 Å². The SMILES string of the molecule is Cc1ccc(F)c(C(O)C(C)C(=O)OC(C)(C)C)c1. The Kier molecular flexibility index (Phi) is 4.69. The largest absolute Gasteiger partial charge is 0.460 e. The summed E-state index contributed by atoms with van der Waals surface area (Å²) in [5.41, 5.74) is 0.320. The van der Waals surface area contributed by atoms with Crippen molar-refractivity contribution < 1.29 is 19.0 Å². The fourth-order valence-corrected chi connectivity index (χ4v) is 1.68. The molecule has 0 aliphatic heterocycles. The van der Waals surface area contributed by atoms with E-state index in [0.29, 0.717) is 0 Å². The molecule has 0 saturated carbocycles. The second kappa shape index (κ2) is 5.70. The third kappa shape index (κ3) is 4.31. The Hall–Kier alpha value is -1.42. The normalized spacial score (nSPS) is 14.9. The zero-order valence-corrected chi connectivity index (χ0v) is 12.0. The van der Waals surface area contributed by atoms with Crippen LogP contribution in [0.3, 0.4) is 0 Å². The van der Waals surface area contributed by atoms with Crippen molar-refractivity contribution in [3.63, 3.8) is 0 Å². The highest BCUT2D eigenvalue weighted by Gasteiger charge is 2.29. The molecule has 2 unspecified atom stereocenters. The average Bonchev–Trinajstić information content (AvgIpc) is 2.28. The molecule has 0 spiro atoms. The van der Waals surface area contributed by atoms with Crippen molar-refractivity contribution in [1.29, 1.82) is 0 Å². The van der Waals surface area contributed by atoms with Gasteiger partial charge in [-0.1, -0.05) is 17.7 Å². The molecule has 2 atom stereocenters. The van der Waals surface area contributed by atoms with Crippen LogP contribution >= 0.6 is 0 Å². The van der Waals surface area contributed by atoms with E-state index in [1.54, 1.807) is 39.8 Å². The molecule has 0 bridgehead atoms. The predicted molar refractivity (Wildman–Crippen MR) is 71.1 cm³/mol. The van der Waals surface area contributed by atoms with E-state index >= 15 is 0 Å². The van der Waals surface area contributed by atoms with Crippen LogP contribution in [0.2, 0.25) is 0 Å². The molecule has 106 valence electrons. The van der Waals surface area contributed by atoms with Crippen molar-refractivity contribution in [1.82, 2.24) is 0 Å². The van der Waals surface area contributed by atoms with Crippen LogP contribution in [-0.2, 0) is 9.53 Å². The van der Waals surface area contributed by atoms with Crippen molar-refractivity contribution in [3.8, 4) is 0 Å². The van der Waals surface area contributed by atoms with Gasteiger partial charge in [-0.15, -0.1) is 0 Å². The molecule has 1 aromatic rings. The van der Waals surface area contributed by atoms with Crippen LogP contribution in [0.4, 0.5) is 4.39 Å². The van der Waals surface area contributed by atoms with Gasteiger partial charge in [0.2, 0.25) is 0 Å². The minimum absolute atomic E-state index is 0.123. The standard InChI is InChI=1S/C15H21FO3/c1-9-6-7-12(16)11(8-9)13(17)10(2)14(18)19-15(3,4)5/h6-8,10,13,17H,1-5H3. The lowest BCUT2D eigenvalue weighted by Crippen LogP contribution is -2.30. The Morgan fingerprint density at radius 2 is 1.95 bits per heavy atom. The van der Waals surface area contributed by atoms with Crippen molar-refractivity contribution in [2.75, 3.05) is 0 Å². The van der Waals surface area contributed by atoms with Crippen molar-refractivity contribution in [2.24, 2.45) is 5.92 Å². The fourth-order valence-electron chi connectivity index (χ4n) is 1.68. The first-order valence-electron chi connectivity index (χ1n) is 6.29. The lowest BCUT2D eigenvalue weighted by atomic mass is 9.95. The number of carbonyl (C=O) groups is 1. The van der Waals surface area contributed by atoms with E-state index in [9.17, 15) is 14.3 Å². The summed E-state index contributed by atoms with van der Waals surface area (Å²) in [5, 5.41) is 10.1. The molecule has 0 fully saturated rings. The lowest BCUT2D eigenvalue weighted by molar-refractivity contribution is -0.163. The summed E-state index contributed by atoms with van der Waals surface area (Å²) in [6.07, 6.45) is -1.21. The van der Waals surface area contributed by atoms with Gasteiger partial charge in [0.15, 0.2) is 0 Å². The van der Waals surface area contributed by atoms with Gasteiger partial charge in [0, 0.05) is 5.56 Å². The second-order valence-corrected chi connectivity index (χ2v) is 5.79. The van der Waals surface area contributed by atoms with E-state index in [2.05, 4.69) is 0 Å². The molecule has 1 rings (SSSR count). The minimum Gasteiger partial charge on any atom is -0.460 e. The van der Waals surface area contributed by atoms with Gasteiger partial charge in [-0.3, -0.25) is 4.79 Å². The highest BCUT2D eigenvalue weighted by molar-refractivity contribution is 5.73. The molecule has 4 heteroatoms. The number of aliphatic hydroxyl groups is 1. The Balaban J connectivity index is 2.90. The maximum Gasteiger partial charge on any atom is 0.312 e. The van der Waals surface area contributed by atoms with Crippen LogP contribution in [0.1, 0.15) is 44.9 Å². The molecular weight excluding hydrogens is 247 g/mol. The summed E-state index contributed by atoms with van der Waals surface area (Å²) >= 11 is 0. The quantitative estimate of drug-likeness (QED) is 0.857. The summed E-state index contributed by atoms with van der Waals surface area (Å²) in [6, 6.07) is 4.44. The first-order valence-corrected chi connectivity index (χ1v) is 6.29. The van der Waals surface area contributed by atoms with E-state index in [4.69, 9.17) is 4.74 Å². The Morgan fingerprint density at radius 3 is 2.47 bits per heavy atom. The number of benzene rings is 1. The first-order chi connectivity index (χ1) is 8.61. The van der Waals surface area contributed by atoms with Gasteiger partial charge in [-0.2, -0.15) is 0 Å². The molecule has 0 radical (unpaired) electrons. The van der Waals surface area contributed by atoms with Crippen molar-refractivity contribution >= 4 is 5.97 Å². The monoisotopic (exact) mass is 268 g/mol. The van der Waals surface area contributed by atoms with Crippen LogP contribution in [0, 0.1) is 18.7 Å². The van der Waals surface area contributed by atoms with E-state index in [1.165, 1.54) is 13.0 Å². The molecule has 0 amide bonds. The van der Waals surface area contributed by atoms with Crippen LogP contribution < -0.4 is 0 Å². The van der Waals surface area contributed by atoms with Crippen LogP contribution in [0.25, 0.3) is 0 Å². The molecule has 3 nitrogen and oxygen atoms in total. The zero-order chi connectivity index (χ0) is 14.8. The summed E-state index contributed by atoms with van der Waals surface area (Å²) in [6.45, 7) is 8.57. The number of rotatable bonds is 3.